The molecule has 0 amide bonds. The summed E-state index contributed by atoms with van der Waals surface area (Å²) < 4.78 is 4.65. The minimum atomic E-state index is -0.383. The largest absolute Gasteiger partial charge is 0.465 e. The maximum atomic E-state index is 11.3. The highest BCUT2D eigenvalue weighted by Crippen LogP contribution is 2.28. The molecule has 1 aromatic rings. The van der Waals surface area contributed by atoms with E-state index in [2.05, 4.69) is 11.7 Å². The van der Waals surface area contributed by atoms with Gasteiger partial charge < -0.3 is 10.5 Å². The van der Waals surface area contributed by atoms with Crippen LogP contribution in [-0.2, 0) is 4.74 Å². The predicted octanol–water partition coefficient (Wildman–Crippen LogP) is 2.56. The maximum Gasteiger partial charge on any atom is 0.339 e. The molecule has 0 unspecified atom stereocenters. The van der Waals surface area contributed by atoms with Crippen LogP contribution < -0.4 is 5.73 Å². The number of carbonyl (C=O) groups excluding carboxylic acids is 1. The fraction of sp³-hybridized carbons (Fsp3) is 0.364. The molecule has 1 rings (SSSR count). The molecule has 0 saturated heterocycles. The monoisotopic (exact) mass is 225 g/mol. The highest BCUT2D eigenvalue weighted by atomic mass is 32.2. The molecule has 0 aliphatic heterocycles. The van der Waals surface area contributed by atoms with E-state index < -0.39 is 0 Å². The number of nitrogens with two attached hydrogens (primary N) is 1. The number of nitrogen functional groups attached to an aromatic ring is 1. The van der Waals surface area contributed by atoms with Gasteiger partial charge in [0, 0.05) is 4.90 Å². The molecule has 1 aromatic carbocycles. The number of hydrogen-bond acceptors (Lipinski definition) is 4. The average molecular weight is 225 g/mol. The Morgan fingerprint density at radius 2 is 2.27 bits per heavy atom. The Balaban J connectivity index is 2.95. The Kier molecular flexibility index (Phi) is 4.49. The Labute approximate surface area is 94.0 Å². The van der Waals surface area contributed by atoms with E-state index in [1.165, 1.54) is 7.11 Å². The second-order valence-corrected chi connectivity index (χ2v) is 4.19. The van der Waals surface area contributed by atoms with Crippen LogP contribution in [0.5, 0.6) is 0 Å². The summed E-state index contributed by atoms with van der Waals surface area (Å²) in [5.74, 6) is 0.612. The number of esters is 1. The number of hydrogen-bond donors (Lipinski definition) is 1. The van der Waals surface area contributed by atoms with Crippen LogP contribution in [0.4, 0.5) is 5.69 Å². The highest BCUT2D eigenvalue weighted by molar-refractivity contribution is 7.99. The third-order valence-electron chi connectivity index (χ3n) is 1.93. The van der Waals surface area contributed by atoms with Gasteiger partial charge in [-0.2, -0.15) is 0 Å². The van der Waals surface area contributed by atoms with Crippen LogP contribution in [0.1, 0.15) is 23.7 Å². The first kappa shape index (κ1) is 11.9. The van der Waals surface area contributed by atoms with Crippen molar-refractivity contribution in [2.45, 2.75) is 18.2 Å². The number of benzene rings is 1. The van der Waals surface area contributed by atoms with E-state index >= 15 is 0 Å². The van der Waals surface area contributed by atoms with Crippen molar-refractivity contribution in [1.82, 2.24) is 0 Å². The number of methoxy groups -OCH3 is 1. The maximum absolute atomic E-state index is 11.3. The summed E-state index contributed by atoms with van der Waals surface area (Å²) >= 11 is 1.66. The van der Waals surface area contributed by atoms with E-state index in [-0.39, 0.29) is 5.97 Å². The quantitative estimate of drug-likeness (QED) is 0.486. The summed E-state index contributed by atoms with van der Waals surface area (Å²) in [5.41, 5.74) is 6.84. The third-order valence-corrected chi connectivity index (χ3v) is 3.21. The first-order valence-corrected chi connectivity index (χ1v) is 5.78. The van der Waals surface area contributed by atoms with Gasteiger partial charge in [-0.25, -0.2) is 4.79 Å². The predicted molar refractivity (Wildman–Crippen MR) is 63.2 cm³/mol. The van der Waals surface area contributed by atoms with Crippen molar-refractivity contribution in [3.05, 3.63) is 23.8 Å². The van der Waals surface area contributed by atoms with Gasteiger partial charge in [0.25, 0.3) is 0 Å². The Hall–Kier alpha value is -1.16. The van der Waals surface area contributed by atoms with Crippen LogP contribution in [0.15, 0.2) is 23.1 Å². The number of ether oxygens (including phenoxy) is 1. The zero-order chi connectivity index (χ0) is 11.3. The van der Waals surface area contributed by atoms with Crippen molar-refractivity contribution in [3.63, 3.8) is 0 Å². The van der Waals surface area contributed by atoms with Crippen molar-refractivity contribution in [3.8, 4) is 0 Å². The van der Waals surface area contributed by atoms with Gasteiger partial charge in [-0.1, -0.05) is 13.0 Å². The molecule has 15 heavy (non-hydrogen) atoms. The molecule has 0 aromatic heterocycles. The van der Waals surface area contributed by atoms with Gasteiger partial charge in [0.2, 0.25) is 0 Å². The smallest absolute Gasteiger partial charge is 0.339 e. The average Bonchev–Trinajstić information content (AvgIpc) is 2.27. The summed E-state index contributed by atoms with van der Waals surface area (Å²) in [6, 6.07) is 5.42. The van der Waals surface area contributed by atoms with Gasteiger partial charge in [-0.05, 0) is 24.3 Å². The molecular formula is C11H15NO2S. The normalized spacial score (nSPS) is 10.0. The van der Waals surface area contributed by atoms with Gasteiger partial charge in [0.05, 0.1) is 18.4 Å². The van der Waals surface area contributed by atoms with Crippen molar-refractivity contribution >= 4 is 23.4 Å². The van der Waals surface area contributed by atoms with Crippen LogP contribution in [0.25, 0.3) is 0 Å². The molecule has 2 N–H and O–H groups in total. The molecule has 0 bridgehead atoms. The first-order valence-electron chi connectivity index (χ1n) is 4.80. The number of para-hydroxylation sites is 1. The molecule has 0 radical (unpaired) electrons. The lowest BCUT2D eigenvalue weighted by Crippen LogP contribution is -2.06. The van der Waals surface area contributed by atoms with Crippen molar-refractivity contribution < 1.29 is 9.53 Å². The molecule has 0 spiro atoms. The van der Waals surface area contributed by atoms with Gasteiger partial charge >= 0.3 is 5.97 Å². The second-order valence-electron chi connectivity index (χ2n) is 3.06. The molecule has 0 atom stereocenters. The Bertz CT molecular complexity index is 352. The van der Waals surface area contributed by atoms with E-state index in [0.717, 1.165) is 17.1 Å². The number of thioether (sulfide) groups is 1. The van der Waals surface area contributed by atoms with Gasteiger partial charge in [-0.3, -0.25) is 0 Å². The Morgan fingerprint density at radius 3 is 2.87 bits per heavy atom. The molecular weight excluding hydrogens is 210 g/mol. The van der Waals surface area contributed by atoms with Crippen LogP contribution >= 0.6 is 11.8 Å². The molecule has 4 heteroatoms. The Morgan fingerprint density at radius 1 is 1.53 bits per heavy atom. The van der Waals surface area contributed by atoms with E-state index in [1.807, 2.05) is 12.1 Å². The van der Waals surface area contributed by atoms with Gasteiger partial charge in [0.1, 0.15) is 0 Å². The summed E-state index contributed by atoms with van der Waals surface area (Å²) in [5, 5.41) is 0. The lowest BCUT2D eigenvalue weighted by Gasteiger charge is -2.08. The topological polar surface area (TPSA) is 52.3 Å². The minimum absolute atomic E-state index is 0.383. The van der Waals surface area contributed by atoms with Crippen molar-refractivity contribution in [2.75, 3.05) is 18.6 Å². The van der Waals surface area contributed by atoms with Crippen LogP contribution in [0, 0.1) is 0 Å². The van der Waals surface area contributed by atoms with Crippen LogP contribution in [0.3, 0.4) is 0 Å². The lowest BCUT2D eigenvalue weighted by molar-refractivity contribution is 0.0601. The van der Waals surface area contributed by atoms with Crippen LogP contribution in [-0.4, -0.2) is 18.8 Å². The number of anilines is 1. The van der Waals surface area contributed by atoms with Gasteiger partial charge in [-0.15, -0.1) is 11.8 Å². The van der Waals surface area contributed by atoms with E-state index in [1.54, 1.807) is 17.8 Å². The lowest BCUT2D eigenvalue weighted by atomic mass is 10.2. The third kappa shape index (κ3) is 2.89. The molecule has 0 heterocycles. The van der Waals surface area contributed by atoms with E-state index in [0.29, 0.717) is 11.3 Å². The van der Waals surface area contributed by atoms with Crippen molar-refractivity contribution in [2.24, 2.45) is 0 Å². The molecule has 3 nitrogen and oxygen atoms in total. The zero-order valence-corrected chi connectivity index (χ0v) is 9.76. The summed E-state index contributed by atoms with van der Waals surface area (Å²) in [4.78, 5) is 12.3. The van der Waals surface area contributed by atoms with Crippen LogP contribution in [0.2, 0.25) is 0 Å². The van der Waals surface area contributed by atoms with E-state index in [4.69, 9.17) is 5.73 Å². The molecule has 0 fully saturated rings. The molecule has 0 saturated carbocycles. The standard InChI is InChI=1S/C11H15NO2S/c1-3-7-15-9-6-4-5-8(10(9)12)11(13)14-2/h4-6H,3,7,12H2,1-2H3. The fourth-order valence-electron chi connectivity index (χ4n) is 1.17. The summed E-state index contributed by atoms with van der Waals surface area (Å²) in [6.07, 6.45) is 1.08. The highest BCUT2D eigenvalue weighted by Gasteiger charge is 2.12. The second kappa shape index (κ2) is 5.66. The van der Waals surface area contributed by atoms with Gasteiger partial charge in [0.15, 0.2) is 0 Å². The van der Waals surface area contributed by atoms with Crippen molar-refractivity contribution in [1.29, 1.82) is 0 Å². The number of carbonyl (C=O) groups is 1. The number of rotatable bonds is 4. The molecule has 0 aliphatic rings. The minimum Gasteiger partial charge on any atom is -0.465 e. The fourth-order valence-corrected chi connectivity index (χ4v) is 2.03. The molecule has 0 aliphatic carbocycles. The SMILES string of the molecule is CCCSc1cccc(C(=O)OC)c1N. The molecule has 82 valence electrons. The first-order chi connectivity index (χ1) is 7.20. The zero-order valence-electron chi connectivity index (χ0n) is 8.95. The van der Waals surface area contributed by atoms with E-state index in [9.17, 15) is 4.79 Å². The summed E-state index contributed by atoms with van der Waals surface area (Å²) in [6.45, 7) is 2.10. The summed E-state index contributed by atoms with van der Waals surface area (Å²) in [7, 11) is 1.35.